The largest absolute Gasteiger partial charge is 0.370 e. The Morgan fingerprint density at radius 1 is 1.31 bits per heavy atom. The highest BCUT2D eigenvalue weighted by Crippen LogP contribution is 2.27. The van der Waals surface area contributed by atoms with Crippen molar-refractivity contribution in [2.24, 2.45) is 12.8 Å². The van der Waals surface area contributed by atoms with Crippen LogP contribution in [0, 0.1) is 5.82 Å². The van der Waals surface area contributed by atoms with Crippen LogP contribution < -0.4 is 21.5 Å². The molecule has 0 bridgehead atoms. The molecule has 1 fully saturated rings. The van der Waals surface area contributed by atoms with E-state index >= 15 is 0 Å². The Kier molecular flexibility index (Phi) is 6.24. The second-order valence-corrected chi connectivity index (χ2v) is 7.37. The molecule has 2 aromatic heterocycles. The van der Waals surface area contributed by atoms with Gasteiger partial charge in [-0.3, -0.25) is 19.1 Å². The molecule has 1 amide bonds. The van der Waals surface area contributed by atoms with Gasteiger partial charge in [0.15, 0.2) is 5.82 Å². The van der Waals surface area contributed by atoms with Gasteiger partial charge >= 0.3 is 0 Å². The van der Waals surface area contributed by atoms with E-state index < -0.39 is 5.82 Å². The molecule has 1 atom stereocenters. The number of ether oxygens (including phenoxy) is 1. The summed E-state index contributed by atoms with van der Waals surface area (Å²) in [5.41, 5.74) is 7.08. The Bertz CT molecular complexity index is 1180. The summed E-state index contributed by atoms with van der Waals surface area (Å²) in [4.78, 5) is 34.3. The molecule has 1 saturated heterocycles. The lowest BCUT2D eigenvalue weighted by atomic mass is 10.1. The average Bonchev–Trinajstić information content (AvgIpc) is 2.81. The van der Waals surface area contributed by atoms with Gasteiger partial charge in [-0.05, 0) is 23.8 Å². The number of hydrogen-bond acceptors (Lipinski definition) is 7. The fraction of sp³-hybridized carbons (Fsp3) is 0.273. The van der Waals surface area contributed by atoms with Crippen molar-refractivity contribution in [3.05, 3.63) is 70.5 Å². The number of anilines is 2. The van der Waals surface area contributed by atoms with E-state index in [1.807, 2.05) is 17.0 Å². The second-order valence-electron chi connectivity index (χ2n) is 7.37. The zero-order valence-electron chi connectivity index (χ0n) is 17.5. The summed E-state index contributed by atoms with van der Waals surface area (Å²) in [7, 11) is 1.64. The normalized spacial score (nSPS) is 16.1. The monoisotopic (exact) mass is 438 g/mol. The minimum absolute atomic E-state index is 0.0867. The van der Waals surface area contributed by atoms with E-state index in [2.05, 4.69) is 15.3 Å². The third-order valence-electron chi connectivity index (χ3n) is 5.26. The van der Waals surface area contributed by atoms with Crippen LogP contribution in [0.5, 0.6) is 0 Å². The Labute approximate surface area is 183 Å². The number of aromatic nitrogens is 3. The molecule has 3 aromatic rings. The number of carbonyl (C=O) groups is 1. The summed E-state index contributed by atoms with van der Waals surface area (Å²) in [5.74, 6) is -0.375. The van der Waals surface area contributed by atoms with Gasteiger partial charge < -0.3 is 20.7 Å². The molecule has 1 aromatic carbocycles. The summed E-state index contributed by atoms with van der Waals surface area (Å²) in [6.07, 6.45) is 2.29. The Balaban J connectivity index is 1.59. The van der Waals surface area contributed by atoms with Gasteiger partial charge in [0.2, 0.25) is 11.9 Å². The highest BCUT2D eigenvalue weighted by atomic mass is 19.1. The van der Waals surface area contributed by atoms with Gasteiger partial charge in [-0.1, -0.05) is 12.1 Å². The molecule has 0 spiro atoms. The van der Waals surface area contributed by atoms with E-state index in [1.165, 1.54) is 22.9 Å². The quantitative estimate of drug-likeness (QED) is 0.620. The molecular weight excluding hydrogens is 415 g/mol. The Morgan fingerprint density at radius 2 is 2.09 bits per heavy atom. The van der Waals surface area contributed by atoms with Crippen molar-refractivity contribution < 1.29 is 13.9 Å². The maximum Gasteiger partial charge on any atom is 0.255 e. The van der Waals surface area contributed by atoms with Crippen LogP contribution in [0.25, 0.3) is 11.3 Å². The summed E-state index contributed by atoms with van der Waals surface area (Å²) in [5, 5.41) is 2.70. The standard InChI is InChI=1S/C22H23FN6O3/c1-28-21(31)10-18(16-6-7-25-12-17(16)23)27-22(28)29-8-9-32-19(13-29)14-2-4-15(5-3-14)26-20(30)11-24/h2-7,10,12,19H,8-9,11,13,24H2,1H3,(H,26,30)/t19-/m1/s1. The molecule has 1 aliphatic heterocycles. The lowest BCUT2D eigenvalue weighted by molar-refractivity contribution is -0.114. The minimum Gasteiger partial charge on any atom is -0.370 e. The Morgan fingerprint density at radius 3 is 2.81 bits per heavy atom. The van der Waals surface area contributed by atoms with E-state index in [1.54, 1.807) is 19.2 Å². The van der Waals surface area contributed by atoms with Crippen LogP contribution in [0.1, 0.15) is 11.7 Å². The first-order valence-electron chi connectivity index (χ1n) is 10.1. The van der Waals surface area contributed by atoms with Crippen molar-refractivity contribution >= 4 is 17.5 Å². The van der Waals surface area contributed by atoms with Gasteiger partial charge in [0, 0.05) is 37.1 Å². The fourth-order valence-corrected chi connectivity index (χ4v) is 3.56. The van der Waals surface area contributed by atoms with E-state index in [4.69, 9.17) is 10.5 Å². The van der Waals surface area contributed by atoms with E-state index in [0.717, 1.165) is 11.8 Å². The molecule has 0 unspecified atom stereocenters. The number of halogens is 1. The van der Waals surface area contributed by atoms with Gasteiger partial charge in [-0.15, -0.1) is 0 Å². The highest BCUT2D eigenvalue weighted by molar-refractivity contribution is 5.92. The summed E-state index contributed by atoms with van der Waals surface area (Å²) in [6.45, 7) is 1.33. The molecule has 0 aliphatic carbocycles. The van der Waals surface area contributed by atoms with Crippen molar-refractivity contribution in [3.63, 3.8) is 0 Å². The number of hydrogen-bond donors (Lipinski definition) is 2. The first kappa shape index (κ1) is 21.6. The number of nitrogens with one attached hydrogen (secondary N) is 1. The number of amides is 1. The zero-order valence-corrected chi connectivity index (χ0v) is 17.5. The Hall–Kier alpha value is -3.63. The predicted molar refractivity (Wildman–Crippen MR) is 118 cm³/mol. The lowest BCUT2D eigenvalue weighted by Crippen LogP contribution is -2.41. The van der Waals surface area contributed by atoms with E-state index in [0.29, 0.717) is 31.3 Å². The summed E-state index contributed by atoms with van der Waals surface area (Å²) in [6, 6.07) is 10.1. The molecule has 0 radical (unpaired) electrons. The van der Waals surface area contributed by atoms with Crippen molar-refractivity contribution in [2.75, 3.05) is 36.5 Å². The molecule has 3 heterocycles. The third-order valence-corrected chi connectivity index (χ3v) is 5.26. The highest BCUT2D eigenvalue weighted by Gasteiger charge is 2.25. The van der Waals surface area contributed by atoms with Crippen LogP contribution >= 0.6 is 0 Å². The van der Waals surface area contributed by atoms with Gasteiger partial charge in [-0.2, -0.15) is 0 Å². The average molecular weight is 438 g/mol. The fourth-order valence-electron chi connectivity index (χ4n) is 3.56. The van der Waals surface area contributed by atoms with Crippen LogP contribution in [0.4, 0.5) is 16.0 Å². The molecule has 3 N–H and O–H groups in total. The number of nitrogens with zero attached hydrogens (tertiary/aromatic N) is 4. The zero-order chi connectivity index (χ0) is 22.7. The summed E-state index contributed by atoms with van der Waals surface area (Å²) < 4.78 is 21.6. The van der Waals surface area contributed by atoms with Crippen molar-refractivity contribution in [1.29, 1.82) is 0 Å². The number of pyridine rings is 1. The molecule has 10 heteroatoms. The smallest absolute Gasteiger partial charge is 0.255 e. The minimum atomic E-state index is -0.541. The molecule has 4 rings (SSSR count). The van der Waals surface area contributed by atoms with Crippen molar-refractivity contribution in [2.45, 2.75) is 6.10 Å². The van der Waals surface area contributed by atoms with Gasteiger partial charge in [0.25, 0.3) is 5.56 Å². The number of carbonyl (C=O) groups excluding carboxylic acids is 1. The number of benzene rings is 1. The maximum absolute atomic E-state index is 14.2. The molecule has 166 valence electrons. The van der Waals surface area contributed by atoms with Crippen LogP contribution in [0.2, 0.25) is 0 Å². The molecule has 32 heavy (non-hydrogen) atoms. The van der Waals surface area contributed by atoms with Crippen LogP contribution in [0.3, 0.4) is 0 Å². The van der Waals surface area contributed by atoms with E-state index in [-0.39, 0.29) is 35.4 Å². The van der Waals surface area contributed by atoms with Gasteiger partial charge in [0.05, 0.1) is 31.6 Å². The number of morpholine rings is 1. The van der Waals surface area contributed by atoms with Gasteiger partial charge in [0.1, 0.15) is 6.10 Å². The third kappa shape index (κ3) is 4.51. The van der Waals surface area contributed by atoms with Crippen LogP contribution in [-0.4, -0.2) is 46.7 Å². The van der Waals surface area contributed by atoms with Crippen molar-refractivity contribution in [1.82, 2.24) is 14.5 Å². The number of nitrogens with two attached hydrogens (primary N) is 1. The molecular formula is C22H23FN6O3. The van der Waals surface area contributed by atoms with Crippen molar-refractivity contribution in [3.8, 4) is 11.3 Å². The maximum atomic E-state index is 14.2. The topological polar surface area (TPSA) is 115 Å². The van der Waals surface area contributed by atoms with Crippen LogP contribution in [0.15, 0.2) is 53.6 Å². The predicted octanol–water partition coefficient (Wildman–Crippen LogP) is 1.46. The SMILES string of the molecule is Cn1c(N2CCO[C@@H](c3ccc(NC(=O)CN)cc3)C2)nc(-c2ccncc2F)cc1=O. The first-order chi connectivity index (χ1) is 15.5. The molecule has 1 aliphatic rings. The lowest BCUT2D eigenvalue weighted by Gasteiger charge is -2.34. The number of rotatable bonds is 5. The summed E-state index contributed by atoms with van der Waals surface area (Å²) >= 11 is 0. The molecule has 0 saturated carbocycles. The first-order valence-corrected chi connectivity index (χ1v) is 10.1. The molecule has 9 nitrogen and oxygen atoms in total. The van der Waals surface area contributed by atoms with E-state index in [9.17, 15) is 14.0 Å². The van der Waals surface area contributed by atoms with Gasteiger partial charge in [-0.25, -0.2) is 9.37 Å². The van der Waals surface area contributed by atoms with Crippen LogP contribution in [-0.2, 0) is 16.6 Å². The second kappa shape index (κ2) is 9.25.